The van der Waals surface area contributed by atoms with E-state index in [0.717, 1.165) is 0 Å². The van der Waals surface area contributed by atoms with E-state index in [2.05, 4.69) is 152 Å². The lowest BCUT2D eigenvalue weighted by atomic mass is 10.1. The number of benzene rings is 4. The zero-order chi connectivity index (χ0) is 36.4. The van der Waals surface area contributed by atoms with E-state index < -0.39 is 16.6 Å². The fraction of sp³-hybridized carbons (Fsp3) is 0.341. The largest absolute Gasteiger partial charge is 0.463 e. The molecule has 0 aliphatic rings. The van der Waals surface area contributed by atoms with Gasteiger partial charge in [0, 0.05) is 12.8 Å². The average molecular weight is 705 g/mol. The van der Waals surface area contributed by atoms with Crippen LogP contribution >= 0.6 is 0 Å². The first-order chi connectivity index (χ1) is 23.8. The fourth-order valence-corrected chi connectivity index (χ4v) is 16.5. The molecule has 3 atom stereocenters. The maximum Gasteiger partial charge on any atom is 0.306 e. The van der Waals surface area contributed by atoms with Crippen molar-refractivity contribution in [2.24, 2.45) is 0 Å². The second-order valence-corrected chi connectivity index (χ2v) is 23.7. The molecule has 50 heavy (non-hydrogen) atoms. The lowest BCUT2D eigenvalue weighted by molar-refractivity contribution is -0.149. The zero-order valence-corrected chi connectivity index (χ0v) is 33.1. The number of esters is 1. The molecule has 0 radical (unpaired) electrons. The van der Waals surface area contributed by atoms with Crippen LogP contribution in [-0.2, 0) is 18.4 Å². The van der Waals surface area contributed by atoms with Gasteiger partial charge in [-0.1, -0.05) is 175 Å². The summed E-state index contributed by atoms with van der Waals surface area (Å²) in [6.45, 7) is 23.7. The smallest absolute Gasteiger partial charge is 0.306 e. The van der Waals surface area contributed by atoms with E-state index >= 15 is 0 Å². The standard InChI is InChI=1S/C44H56O4Si2/c1-10-36(47-49(43(4,5)6,38-24-16-12-17-25-38)39-26-18-13-19-27-39)32-33-42(45)46-35(3)34-37(11-2)48-50(44(7,8)9,40-28-20-14-21-29-40)41-30-22-15-23-31-41/h10-31,35-37H,1-2,32-34H2,3-9H3/t35-,36-,37-/m1/s1. The molecule has 0 saturated heterocycles. The van der Waals surface area contributed by atoms with Crippen LogP contribution in [0.3, 0.4) is 0 Å². The van der Waals surface area contributed by atoms with Crippen LogP contribution in [0.2, 0.25) is 10.1 Å². The van der Waals surface area contributed by atoms with Crippen molar-refractivity contribution >= 4 is 43.4 Å². The maximum atomic E-state index is 13.4. The van der Waals surface area contributed by atoms with Gasteiger partial charge in [0.15, 0.2) is 0 Å². The van der Waals surface area contributed by atoms with Crippen molar-refractivity contribution in [3.8, 4) is 0 Å². The molecule has 0 aliphatic carbocycles. The molecule has 4 nitrogen and oxygen atoms in total. The van der Waals surface area contributed by atoms with Crippen molar-refractivity contribution in [2.75, 3.05) is 0 Å². The van der Waals surface area contributed by atoms with E-state index in [0.29, 0.717) is 12.8 Å². The molecule has 0 saturated carbocycles. The van der Waals surface area contributed by atoms with Gasteiger partial charge in [0.2, 0.25) is 0 Å². The lowest BCUT2D eigenvalue weighted by Crippen LogP contribution is -2.67. The summed E-state index contributed by atoms with van der Waals surface area (Å²) in [5, 5.41) is 4.42. The van der Waals surface area contributed by atoms with Gasteiger partial charge in [0.1, 0.15) is 6.10 Å². The number of rotatable bonds is 16. The summed E-state index contributed by atoms with van der Waals surface area (Å²) < 4.78 is 20.5. The minimum Gasteiger partial charge on any atom is -0.463 e. The third-order valence-electron chi connectivity index (χ3n) is 9.55. The molecule has 6 heteroatoms. The van der Waals surface area contributed by atoms with Crippen LogP contribution in [0.15, 0.2) is 147 Å². The maximum absolute atomic E-state index is 13.4. The molecule has 0 N–H and O–H groups in total. The van der Waals surface area contributed by atoms with E-state index in [1.165, 1.54) is 20.7 Å². The predicted octanol–water partition coefficient (Wildman–Crippen LogP) is 8.35. The van der Waals surface area contributed by atoms with Crippen LogP contribution < -0.4 is 20.7 Å². The summed E-state index contributed by atoms with van der Waals surface area (Å²) in [6, 6.07) is 42.2. The molecule has 0 bridgehead atoms. The van der Waals surface area contributed by atoms with Gasteiger partial charge in [0.05, 0.1) is 12.2 Å². The SMILES string of the molecule is C=C[C@H](CCC(=O)O[C@H](C)C[C@@H](C=C)O[Si](c1ccccc1)(c1ccccc1)C(C)(C)C)O[Si](c1ccccc1)(c1ccccc1)C(C)(C)C. The van der Waals surface area contributed by atoms with Crippen LogP contribution in [0, 0.1) is 0 Å². The molecule has 4 aromatic rings. The highest BCUT2D eigenvalue weighted by Crippen LogP contribution is 2.39. The summed E-state index contributed by atoms with van der Waals surface area (Å²) in [5.74, 6) is -0.261. The molecule has 0 aliphatic heterocycles. The second kappa shape index (κ2) is 16.9. The van der Waals surface area contributed by atoms with Crippen molar-refractivity contribution in [3.63, 3.8) is 0 Å². The van der Waals surface area contributed by atoms with Gasteiger partial charge in [-0.3, -0.25) is 4.79 Å². The normalized spacial score (nSPS) is 14.3. The number of carbonyl (C=O) groups excluding carboxylic acids is 1. The van der Waals surface area contributed by atoms with Crippen LogP contribution in [0.1, 0.15) is 67.7 Å². The number of ether oxygens (including phenoxy) is 1. The highest BCUT2D eigenvalue weighted by molar-refractivity contribution is 7.00. The fourth-order valence-electron chi connectivity index (χ4n) is 7.17. The molecule has 4 rings (SSSR count). The molecular weight excluding hydrogens is 649 g/mol. The van der Waals surface area contributed by atoms with E-state index in [1.807, 2.05) is 43.3 Å². The Morgan fingerprint density at radius 3 is 1.22 bits per heavy atom. The molecule has 0 unspecified atom stereocenters. The predicted molar refractivity (Wildman–Crippen MR) is 215 cm³/mol. The molecule has 0 aromatic heterocycles. The second-order valence-electron chi connectivity index (χ2n) is 15.2. The van der Waals surface area contributed by atoms with E-state index in [9.17, 15) is 4.79 Å². The van der Waals surface area contributed by atoms with E-state index in [-0.39, 0.29) is 40.8 Å². The minimum absolute atomic E-state index is 0.179. The van der Waals surface area contributed by atoms with E-state index in [4.69, 9.17) is 13.6 Å². The summed E-state index contributed by atoms with van der Waals surface area (Å²) in [7, 11) is -5.61. The molecule has 4 aromatic carbocycles. The average Bonchev–Trinajstić information content (AvgIpc) is 3.10. The van der Waals surface area contributed by atoms with Gasteiger partial charge in [-0.05, 0) is 44.2 Å². The van der Waals surface area contributed by atoms with Gasteiger partial charge in [-0.25, -0.2) is 0 Å². The zero-order valence-electron chi connectivity index (χ0n) is 31.1. The Morgan fingerprint density at radius 2 is 0.920 bits per heavy atom. The van der Waals surface area contributed by atoms with Crippen molar-refractivity contribution in [1.29, 1.82) is 0 Å². The Hall–Kier alpha value is -3.82. The first-order valence-electron chi connectivity index (χ1n) is 17.8. The van der Waals surface area contributed by atoms with Crippen molar-refractivity contribution < 1.29 is 18.4 Å². The van der Waals surface area contributed by atoms with Gasteiger partial charge in [-0.15, -0.1) is 13.2 Å². The first-order valence-corrected chi connectivity index (χ1v) is 21.6. The Kier molecular flexibility index (Phi) is 13.2. The number of hydrogen-bond donors (Lipinski definition) is 0. The summed E-state index contributed by atoms with van der Waals surface area (Å²) in [4.78, 5) is 13.4. The summed E-state index contributed by atoms with van der Waals surface area (Å²) in [5.41, 5.74) is 0. The number of carbonyl (C=O) groups is 1. The van der Waals surface area contributed by atoms with Crippen molar-refractivity contribution in [2.45, 2.75) is 96.1 Å². The molecule has 264 valence electrons. The molecule has 0 amide bonds. The molecule has 0 heterocycles. The Balaban J connectivity index is 1.49. The lowest BCUT2D eigenvalue weighted by Gasteiger charge is -2.45. The number of hydrogen-bond acceptors (Lipinski definition) is 4. The van der Waals surface area contributed by atoms with Crippen LogP contribution in [0.25, 0.3) is 0 Å². The Morgan fingerprint density at radius 1 is 0.600 bits per heavy atom. The third kappa shape index (κ3) is 8.72. The quantitative estimate of drug-likeness (QED) is 0.0669. The van der Waals surface area contributed by atoms with Gasteiger partial charge in [0.25, 0.3) is 16.6 Å². The molecule has 0 fully saturated rings. The molecular formula is C44H56O4Si2. The van der Waals surface area contributed by atoms with Gasteiger partial charge < -0.3 is 13.6 Å². The summed E-state index contributed by atoms with van der Waals surface area (Å²) in [6.07, 6.45) is 3.87. The van der Waals surface area contributed by atoms with Crippen molar-refractivity contribution in [1.82, 2.24) is 0 Å². The molecule has 0 spiro atoms. The Labute approximate surface area is 303 Å². The first kappa shape index (κ1) is 39.0. The monoisotopic (exact) mass is 704 g/mol. The minimum atomic E-state index is -2.81. The highest BCUT2D eigenvalue weighted by atomic mass is 28.4. The van der Waals surface area contributed by atoms with Gasteiger partial charge >= 0.3 is 5.97 Å². The van der Waals surface area contributed by atoms with E-state index in [1.54, 1.807) is 0 Å². The van der Waals surface area contributed by atoms with Crippen LogP contribution in [0.4, 0.5) is 0 Å². The van der Waals surface area contributed by atoms with Crippen LogP contribution in [-0.4, -0.2) is 40.9 Å². The highest BCUT2D eigenvalue weighted by Gasteiger charge is 2.52. The third-order valence-corrected chi connectivity index (χ3v) is 19.7. The Bertz CT molecular complexity index is 1570. The van der Waals surface area contributed by atoms with Crippen molar-refractivity contribution in [3.05, 3.63) is 147 Å². The van der Waals surface area contributed by atoms with Gasteiger partial charge in [-0.2, -0.15) is 0 Å². The topological polar surface area (TPSA) is 44.8 Å². The van der Waals surface area contributed by atoms with Crippen LogP contribution in [0.5, 0.6) is 0 Å². The summed E-state index contributed by atoms with van der Waals surface area (Å²) >= 11 is 0.